The van der Waals surface area contributed by atoms with E-state index in [4.69, 9.17) is 4.84 Å². The Kier molecular flexibility index (Phi) is 3.48. The van der Waals surface area contributed by atoms with Crippen LogP contribution in [-0.4, -0.2) is 17.5 Å². The number of fused-ring (bicyclic) bond motifs is 1. The standard InChI is InChI=1S/C16H14FNO2/c17-14-7-5-12(6-8-14)11-20-18-10-9-13-3-1-2-4-15(13)16(18)19/h1-8H,9-11H2. The van der Waals surface area contributed by atoms with Gasteiger partial charge in [-0.2, -0.15) is 0 Å². The number of hydrogen-bond acceptors (Lipinski definition) is 2. The van der Waals surface area contributed by atoms with Crippen LogP contribution in [0.3, 0.4) is 0 Å². The number of benzene rings is 2. The predicted molar refractivity (Wildman–Crippen MR) is 72.4 cm³/mol. The number of halogens is 1. The van der Waals surface area contributed by atoms with Gasteiger partial charge in [0.1, 0.15) is 12.4 Å². The zero-order valence-corrected chi connectivity index (χ0v) is 10.9. The molecule has 2 aromatic rings. The molecule has 0 atom stereocenters. The Labute approximate surface area is 116 Å². The minimum absolute atomic E-state index is 0.117. The van der Waals surface area contributed by atoms with Crippen molar-refractivity contribution in [1.29, 1.82) is 0 Å². The van der Waals surface area contributed by atoms with Gasteiger partial charge >= 0.3 is 0 Å². The molecule has 1 aliphatic heterocycles. The molecule has 2 aromatic carbocycles. The highest BCUT2D eigenvalue weighted by Gasteiger charge is 2.24. The molecule has 0 saturated carbocycles. The smallest absolute Gasteiger partial charge is 0.267 e. The highest BCUT2D eigenvalue weighted by Crippen LogP contribution is 2.19. The zero-order valence-electron chi connectivity index (χ0n) is 10.9. The van der Waals surface area contributed by atoms with E-state index in [0.717, 1.165) is 17.5 Å². The molecule has 1 amide bonds. The van der Waals surface area contributed by atoms with E-state index in [1.165, 1.54) is 17.2 Å². The van der Waals surface area contributed by atoms with Crippen LogP contribution in [0.15, 0.2) is 48.5 Å². The van der Waals surface area contributed by atoms with E-state index in [0.29, 0.717) is 12.1 Å². The Morgan fingerprint density at radius 1 is 1.10 bits per heavy atom. The van der Waals surface area contributed by atoms with Crippen molar-refractivity contribution in [2.75, 3.05) is 6.54 Å². The maximum Gasteiger partial charge on any atom is 0.277 e. The van der Waals surface area contributed by atoms with Crippen LogP contribution in [0.5, 0.6) is 0 Å². The van der Waals surface area contributed by atoms with Gasteiger partial charge in [-0.05, 0) is 35.7 Å². The Morgan fingerprint density at radius 3 is 2.65 bits per heavy atom. The fraction of sp³-hybridized carbons (Fsp3) is 0.188. The summed E-state index contributed by atoms with van der Waals surface area (Å²) < 4.78 is 12.8. The molecular weight excluding hydrogens is 257 g/mol. The summed E-state index contributed by atoms with van der Waals surface area (Å²) in [6.45, 7) is 0.797. The fourth-order valence-corrected chi connectivity index (χ4v) is 2.26. The first-order valence-corrected chi connectivity index (χ1v) is 6.51. The SMILES string of the molecule is O=C1c2ccccc2CCN1OCc1ccc(F)cc1. The van der Waals surface area contributed by atoms with Crippen molar-refractivity contribution >= 4 is 5.91 Å². The van der Waals surface area contributed by atoms with Crippen molar-refractivity contribution in [3.05, 3.63) is 71.0 Å². The Morgan fingerprint density at radius 2 is 1.85 bits per heavy atom. The third kappa shape index (κ3) is 2.56. The monoisotopic (exact) mass is 271 g/mol. The van der Waals surface area contributed by atoms with Gasteiger partial charge in [-0.15, -0.1) is 0 Å². The minimum Gasteiger partial charge on any atom is -0.267 e. The summed E-state index contributed by atoms with van der Waals surface area (Å²) in [6, 6.07) is 13.6. The van der Waals surface area contributed by atoms with Gasteiger partial charge in [-0.1, -0.05) is 30.3 Å². The Hall–Kier alpha value is -2.20. The van der Waals surface area contributed by atoms with E-state index in [9.17, 15) is 9.18 Å². The molecule has 4 heteroatoms. The van der Waals surface area contributed by atoms with Crippen molar-refractivity contribution in [2.45, 2.75) is 13.0 Å². The number of carbonyl (C=O) groups excluding carboxylic acids is 1. The van der Waals surface area contributed by atoms with E-state index in [1.54, 1.807) is 12.1 Å². The molecule has 20 heavy (non-hydrogen) atoms. The van der Waals surface area contributed by atoms with Gasteiger partial charge in [0, 0.05) is 5.56 Å². The highest BCUT2D eigenvalue weighted by molar-refractivity contribution is 5.96. The predicted octanol–water partition coefficient (Wildman–Crippen LogP) is 2.96. The number of hydrogen-bond donors (Lipinski definition) is 0. The normalized spacial score (nSPS) is 14.2. The lowest BCUT2D eigenvalue weighted by Crippen LogP contribution is -2.37. The maximum atomic E-state index is 12.8. The van der Waals surface area contributed by atoms with E-state index >= 15 is 0 Å². The van der Waals surface area contributed by atoms with Crippen LogP contribution in [0.1, 0.15) is 21.5 Å². The Balaban J connectivity index is 1.68. The van der Waals surface area contributed by atoms with Crippen molar-refractivity contribution in [1.82, 2.24) is 5.06 Å². The number of nitrogens with zero attached hydrogens (tertiary/aromatic N) is 1. The molecule has 0 unspecified atom stereocenters. The Bertz CT molecular complexity index is 625. The summed E-state index contributed by atoms with van der Waals surface area (Å²) in [5.74, 6) is -0.398. The third-order valence-corrected chi connectivity index (χ3v) is 3.36. The lowest BCUT2D eigenvalue weighted by atomic mass is 10.0. The van der Waals surface area contributed by atoms with Crippen molar-refractivity contribution in [3.8, 4) is 0 Å². The second-order valence-corrected chi connectivity index (χ2v) is 4.71. The second-order valence-electron chi connectivity index (χ2n) is 4.71. The number of carbonyl (C=O) groups is 1. The second kappa shape index (κ2) is 5.43. The summed E-state index contributed by atoms with van der Waals surface area (Å²) >= 11 is 0. The summed E-state index contributed by atoms with van der Waals surface area (Å²) in [5.41, 5.74) is 2.58. The molecule has 0 fully saturated rings. The molecule has 0 radical (unpaired) electrons. The first-order chi connectivity index (χ1) is 9.74. The van der Waals surface area contributed by atoms with Crippen molar-refractivity contribution in [3.63, 3.8) is 0 Å². The molecule has 3 rings (SSSR count). The first kappa shape index (κ1) is 12.8. The molecule has 1 heterocycles. The van der Waals surface area contributed by atoms with E-state index in [-0.39, 0.29) is 18.3 Å². The molecular formula is C16H14FNO2. The number of hydroxylamine groups is 2. The topological polar surface area (TPSA) is 29.5 Å². The lowest BCUT2D eigenvalue weighted by molar-refractivity contribution is -0.135. The molecule has 0 saturated heterocycles. The quantitative estimate of drug-likeness (QED) is 0.859. The molecule has 1 aliphatic rings. The molecule has 0 bridgehead atoms. The average molecular weight is 271 g/mol. The number of rotatable bonds is 3. The van der Waals surface area contributed by atoms with Crippen LogP contribution in [-0.2, 0) is 17.9 Å². The van der Waals surface area contributed by atoms with Gasteiger partial charge in [-0.3, -0.25) is 9.63 Å². The number of amides is 1. The summed E-state index contributed by atoms with van der Waals surface area (Å²) in [7, 11) is 0. The lowest BCUT2D eigenvalue weighted by Gasteiger charge is -2.27. The highest BCUT2D eigenvalue weighted by atomic mass is 19.1. The van der Waals surface area contributed by atoms with E-state index in [1.807, 2.05) is 24.3 Å². The average Bonchev–Trinajstić information content (AvgIpc) is 2.49. The molecule has 0 aliphatic carbocycles. The zero-order chi connectivity index (χ0) is 13.9. The summed E-state index contributed by atoms with van der Waals surface area (Å²) in [5, 5.41) is 1.38. The molecule has 0 N–H and O–H groups in total. The largest absolute Gasteiger partial charge is 0.277 e. The van der Waals surface area contributed by atoms with Crippen LogP contribution in [0.25, 0.3) is 0 Å². The molecule has 0 spiro atoms. The van der Waals surface area contributed by atoms with Gasteiger partial charge in [0.15, 0.2) is 0 Å². The third-order valence-electron chi connectivity index (χ3n) is 3.36. The van der Waals surface area contributed by atoms with E-state index in [2.05, 4.69) is 0 Å². The minimum atomic E-state index is -0.281. The first-order valence-electron chi connectivity index (χ1n) is 6.51. The summed E-state index contributed by atoms with van der Waals surface area (Å²) in [6.07, 6.45) is 0.783. The van der Waals surface area contributed by atoms with Crippen LogP contribution >= 0.6 is 0 Å². The van der Waals surface area contributed by atoms with Crippen LogP contribution in [0.4, 0.5) is 4.39 Å². The molecule has 102 valence electrons. The molecule has 0 aromatic heterocycles. The van der Waals surface area contributed by atoms with Crippen LogP contribution in [0.2, 0.25) is 0 Å². The van der Waals surface area contributed by atoms with Gasteiger partial charge in [-0.25, -0.2) is 9.45 Å². The summed E-state index contributed by atoms with van der Waals surface area (Å²) in [4.78, 5) is 17.8. The maximum absolute atomic E-state index is 12.8. The van der Waals surface area contributed by atoms with E-state index < -0.39 is 0 Å². The van der Waals surface area contributed by atoms with Gasteiger partial charge in [0.25, 0.3) is 5.91 Å². The van der Waals surface area contributed by atoms with Gasteiger partial charge in [0.2, 0.25) is 0 Å². The molecule has 3 nitrogen and oxygen atoms in total. The van der Waals surface area contributed by atoms with Crippen molar-refractivity contribution < 1.29 is 14.0 Å². The van der Waals surface area contributed by atoms with Gasteiger partial charge < -0.3 is 0 Å². The van der Waals surface area contributed by atoms with Crippen LogP contribution in [0, 0.1) is 5.82 Å². The fourth-order valence-electron chi connectivity index (χ4n) is 2.26. The van der Waals surface area contributed by atoms with Crippen LogP contribution < -0.4 is 0 Å². The van der Waals surface area contributed by atoms with Crippen molar-refractivity contribution in [2.24, 2.45) is 0 Å². The van der Waals surface area contributed by atoms with Gasteiger partial charge in [0.05, 0.1) is 6.54 Å².